The van der Waals surface area contributed by atoms with Gasteiger partial charge in [0.1, 0.15) is 0 Å². The molecule has 26 heavy (non-hydrogen) atoms. The lowest BCUT2D eigenvalue weighted by Crippen LogP contribution is -2.41. The maximum absolute atomic E-state index is 10.6. The van der Waals surface area contributed by atoms with Crippen LogP contribution in [0, 0.1) is 11.8 Å². The van der Waals surface area contributed by atoms with Crippen LogP contribution in [0.25, 0.3) is 0 Å². The highest BCUT2D eigenvalue weighted by Crippen LogP contribution is 2.21. The molecule has 0 aromatic heterocycles. The lowest BCUT2D eigenvalue weighted by atomic mass is 9.89. The summed E-state index contributed by atoms with van der Waals surface area (Å²) in [5, 5.41) is 52.9. The summed E-state index contributed by atoms with van der Waals surface area (Å²) in [5.41, 5.74) is -4.28. The van der Waals surface area contributed by atoms with Gasteiger partial charge in [-0.2, -0.15) is 0 Å². The molecule has 0 spiro atoms. The predicted molar refractivity (Wildman–Crippen MR) is 88.6 cm³/mol. The summed E-state index contributed by atoms with van der Waals surface area (Å²) in [7, 11) is 0. The monoisotopic (exact) mass is 380 g/mol. The molecule has 6 N–H and O–H groups in total. The van der Waals surface area contributed by atoms with Gasteiger partial charge in [-0.05, 0) is 24.7 Å². The van der Waals surface area contributed by atoms with Crippen molar-refractivity contribution in [1.82, 2.24) is 0 Å². The number of carboxylic acid groups (broad SMARTS) is 4. The molecule has 0 heterocycles. The van der Waals surface area contributed by atoms with Crippen LogP contribution in [0.4, 0.5) is 0 Å². The third-order valence-corrected chi connectivity index (χ3v) is 3.18. The van der Waals surface area contributed by atoms with Crippen LogP contribution in [0.5, 0.6) is 0 Å². The zero-order valence-electron chi connectivity index (χ0n) is 15.3. The summed E-state index contributed by atoms with van der Waals surface area (Å²) in [4.78, 5) is 41.7. The van der Waals surface area contributed by atoms with Gasteiger partial charge in [-0.15, -0.1) is 0 Å². The Balaban J connectivity index is 0. The highest BCUT2D eigenvalue weighted by Gasteiger charge is 2.39. The molecule has 0 aromatic rings. The van der Waals surface area contributed by atoms with Gasteiger partial charge < -0.3 is 30.6 Å². The number of carbonyl (C=O) groups is 4. The fourth-order valence-electron chi connectivity index (χ4n) is 2.32. The predicted octanol–water partition coefficient (Wildman–Crippen LogP) is 0.646. The van der Waals surface area contributed by atoms with Crippen molar-refractivity contribution in [3.63, 3.8) is 0 Å². The van der Waals surface area contributed by atoms with Crippen LogP contribution < -0.4 is 0 Å². The molecular formula is C16H28O10. The van der Waals surface area contributed by atoms with E-state index in [0.717, 1.165) is 0 Å². The van der Waals surface area contributed by atoms with E-state index in [1.54, 1.807) is 27.7 Å². The smallest absolute Gasteiger partial charge is 0.336 e. The summed E-state index contributed by atoms with van der Waals surface area (Å²) < 4.78 is 0. The minimum Gasteiger partial charge on any atom is -0.481 e. The Morgan fingerprint density at radius 1 is 0.654 bits per heavy atom. The molecule has 0 radical (unpaired) electrons. The molecule has 10 heteroatoms. The van der Waals surface area contributed by atoms with Gasteiger partial charge in [-0.25, -0.2) is 9.59 Å². The van der Waals surface area contributed by atoms with E-state index in [9.17, 15) is 29.4 Å². The van der Waals surface area contributed by atoms with E-state index in [1.807, 2.05) is 0 Å². The summed E-state index contributed by atoms with van der Waals surface area (Å²) in [5.74, 6) is -5.73. The van der Waals surface area contributed by atoms with E-state index in [0.29, 0.717) is 0 Å². The maximum Gasteiger partial charge on any atom is 0.336 e. The largest absolute Gasteiger partial charge is 0.481 e. The molecule has 0 amide bonds. The Bertz CT molecular complexity index is 467. The SMILES string of the molecule is CC(C)CC(O)(CC(=O)O)C(=O)O.CC(C)CC(O)(CC(=O)O)C(=O)O. The quantitative estimate of drug-likeness (QED) is 0.313. The molecule has 0 rings (SSSR count). The van der Waals surface area contributed by atoms with Crippen molar-refractivity contribution in [2.24, 2.45) is 11.8 Å². The first kappa shape index (κ1) is 26.0. The Morgan fingerprint density at radius 3 is 1.00 bits per heavy atom. The minimum atomic E-state index is -2.14. The van der Waals surface area contributed by atoms with Crippen molar-refractivity contribution in [2.75, 3.05) is 0 Å². The van der Waals surface area contributed by atoms with Crippen LogP contribution in [0.15, 0.2) is 0 Å². The lowest BCUT2D eigenvalue weighted by molar-refractivity contribution is -0.167. The number of carboxylic acids is 4. The van der Waals surface area contributed by atoms with Gasteiger partial charge in [0.05, 0.1) is 12.8 Å². The molecule has 0 aliphatic rings. The van der Waals surface area contributed by atoms with Crippen molar-refractivity contribution in [3.05, 3.63) is 0 Å². The molecule has 2 atom stereocenters. The molecule has 0 saturated heterocycles. The molecule has 0 aliphatic carbocycles. The highest BCUT2D eigenvalue weighted by molar-refractivity contribution is 5.84. The van der Waals surface area contributed by atoms with Gasteiger partial charge in [0, 0.05) is 0 Å². The second-order valence-electron chi connectivity index (χ2n) is 7.01. The van der Waals surface area contributed by atoms with Gasteiger partial charge in [-0.3, -0.25) is 9.59 Å². The van der Waals surface area contributed by atoms with E-state index in [4.69, 9.17) is 20.4 Å². The van der Waals surface area contributed by atoms with Crippen molar-refractivity contribution in [2.45, 2.75) is 64.6 Å². The third kappa shape index (κ3) is 10.6. The number of aliphatic carboxylic acids is 4. The van der Waals surface area contributed by atoms with E-state index in [2.05, 4.69) is 0 Å². The van der Waals surface area contributed by atoms with E-state index < -0.39 is 47.9 Å². The molecule has 152 valence electrons. The maximum atomic E-state index is 10.6. The van der Waals surface area contributed by atoms with Crippen LogP contribution in [-0.4, -0.2) is 65.7 Å². The minimum absolute atomic E-state index is 0.0609. The van der Waals surface area contributed by atoms with Crippen molar-refractivity contribution in [3.8, 4) is 0 Å². The molecule has 0 aliphatic heterocycles. The first-order valence-electron chi connectivity index (χ1n) is 7.91. The molecule has 2 unspecified atom stereocenters. The average molecular weight is 380 g/mol. The number of hydrogen-bond donors (Lipinski definition) is 6. The summed E-state index contributed by atoms with van der Waals surface area (Å²) in [6, 6.07) is 0. The first-order valence-corrected chi connectivity index (χ1v) is 7.91. The van der Waals surface area contributed by atoms with Crippen LogP contribution in [-0.2, 0) is 19.2 Å². The standard InChI is InChI=1S/2C8H14O5/c2*1-5(2)3-8(13,7(11)12)4-6(9)10/h2*5,13H,3-4H2,1-2H3,(H,9,10)(H,11,12). The molecule has 0 fully saturated rings. The highest BCUT2D eigenvalue weighted by atomic mass is 16.4. The zero-order valence-corrected chi connectivity index (χ0v) is 15.3. The third-order valence-electron chi connectivity index (χ3n) is 3.18. The van der Waals surface area contributed by atoms with Gasteiger partial charge >= 0.3 is 23.9 Å². The van der Waals surface area contributed by atoms with Crippen molar-refractivity contribution < 1.29 is 49.8 Å². The zero-order chi connectivity index (χ0) is 21.3. The number of rotatable bonds is 10. The summed E-state index contributed by atoms with van der Waals surface area (Å²) >= 11 is 0. The Morgan fingerprint density at radius 2 is 0.885 bits per heavy atom. The van der Waals surface area contributed by atoms with Gasteiger partial charge in [0.15, 0.2) is 11.2 Å². The Kier molecular flexibility index (Phi) is 10.7. The second kappa shape index (κ2) is 10.7. The van der Waals surface area contributed by atoms with Crippen molar-refractivity contribution >= 4 is 23.9 Å². The normalized spacial score (nSPS) is 15.4. The Hall–Kier alpha value is -2.20. The Labute approximate surface area is 151 Å². The fourth-order valence-corrected chi connectivity index (χ4v) is 2.32. The van der Waals surface area contributed by atoms with Gasteiger partial charge in [0.2, 0.25) is 0 Å². The lowest BCUT2D eigenvalue weighted by Gasteiger charge is -2.23. The van der Waals surface area contributed by atoms with Crippen LogP contribution >= 0.6 is 0 Å². The number of hydrogen-bond acceptors (Lipinski definition) is 6. The first-order chi connectivity index (χ1) is 11.6. The molecule has 0 aromatic carbocycles. The second-order valence-corrected chi connectivity index (χ2v) is 7.01. The van der Waals surface area contributed by atoms with Crippen LogP contribution in [0.1, 0.15) is 53.4 Å². The van der Waals surface area contributed by atoms with E-state index in [1.165, 1.54) is 0 Å². The van der Waals surface area contributed by atoms with Gasteiger partial charge in [-0.1, -0.05) is 27.7 Å². The molecular weight excluding hydrogens is 352 g/mol. The average Bonchev–Trinajstić information content (AvgIpc) is 2.34. The van der Waals surface area contributed by atoms with E-state index in [-0.39, 0.29) is 24.7 Å². The fraction of sp³-hybridized carbons (Fsp3) is 0.750. The van der Waals surface area contributed by atoms with Crippen molar-refractivity contribution in [1.29, 1.82) is 0 Å². The van der Waals surface area contributed by atoms with Gasteiger partial charge in [0.25, 0.3) is 0 Å². The van der Waals surface area contributed by atoms with E-state index >= 15 is 0 Å². The van der Waals surface area contributed by atoms with Crippen LogP contribution in [0.3, 0.4) is 0 Å². The molecule has 10 nitrogen and oxygen atoms in total. The number of aliphatic hydroxyl groups is 2. The van der Waals surface area contributed by atoms with Crippen LogP contribution in [0.2, 0.25) is 0 Å². The summed E-state index contributed by atoms with van der Waals surface area (Å²) in [6.07, 6.45) is -1.65. The molecule has 0 saturated carbocycles. The topological polar surface area (TPSA) is 190 Å². The summed E-state index contributed by atoms with van der Waals surface area (Å²) in [6.45, 7) is 6.87. The molecule has 0 bridgehead atoms.